The maximum absolute atomic E-state index is 11.4. The average molecular weight is 231 g/mol. The first-order valence-electron chi connectivity index (χ1n) is 4.17. The standard InChI is InChI=1S/C8H13N3OS2/c1-11-5-3-7(10-11)8(12)9-4-6-14-13-2/h3,5H,4,6H2,1-2H3,(H,9,12). The molecule has 0 radical (unpaired) electrons. The molecule has 0 aliphatic carbocycles. The summed E-state index contributed by atoms with van der Waals surface area (Å²) in [5.41, 5.74) is 0.474. The molecular weight excluding hydrogens is 218 g/mol. The Morgan fingerprint density at radius 2 is 2.50 bits per heavy atom. The number of amides is 1. The van der Waals surface area contributed by atoms with Crippen LogP contribution in [0, 0.1) is 0 Å². The molecule has 0 spiro atoms. The van der Waals surface area contributed by atoms with Crippen LogP contribution >= 0.6 is 21.6 Å². The van der Waals surface area contributed by atoms with Gasteiger partial charge in [-0.1, -0.05) is 21.6 Å². The second kappa shape index (κ2) is 5.98. The van der Waals surface area contributed by atoms with Gasteiger partial charge >= 0.3 is 0 Å². The van der Waals surface area contributed by atoms with E-state index in [9.17, 15) is 4.79 Å². The lowest BCUT2D eigenvalue weighted by Gasteiger charge is -2.00. The summed E-state index contributed by atoms with van der Waals surface area (Å²) in [6.45, 7) is 0.681. The molecule has 1 N–H and O–H groups in total. The zero-order chi connectivity index (χ0) is 10.4. The van der Waals surface area contributed by atoms with Gasteiger partial charge in [0.1, 0.15) is 5.69 Å². The van der Waals surface area contributed by atoms with Gasteiger partial charge in [0.25, 0.3) is 5.91 Å². The summed E-state index contributed by atoms with van der Waals surface area (Å²) in [6, 6.07) is 1.71. The molecule has 1 aromatic rings. The third-order valence-corrected chi connectivity index (χ3v) is 3.35. The largest absolute Gasteiger partial charge is 0.350 e. The first-order valence-corrected chi connectivity index (χ1v) is 6.90. The van der Waals surface area contributed by atoms with E-state index in [0.717, 1.165) is 5.75 Å². The lowest BCUT2D eigenvalue weighted by Crippen LogP contribution is -2.26. The summed E-state index contributed by atoms with van der Waals surface area (Å²) in [4.78, 5) is 11.4. The predicted molar refractivity (Wildman–Crippen MR) is 61.5 cm³/mol. The Morgan fingerprint density at radius 3 is 3.07 bits per heavy atom. The van der Waals surface area contributed by atoms with E-state index >= 15 is 0 Å². The minimum absolute atomic E-state index is 0.104. The van der Waals surface area contributed by atoms with Crippen LogP contribution in [0.15, 0.2) is 12.3 Å². The van der Waals surface area contributed by atoms with Gasteiger partial charge in [-0.05, 0) is 12.3 Å². The van der Waals surface area contributed by atoms with Gasteiger partial charge in [0.2, 0.25) is 0 Å². The fourth-order valence-electron chi connectivity index (χ4n) is 0.916. The third kappa shape index (κ3) is 3.63. The van der Waals surface area contributed by atoms with Gasteiger partial charge in [-0.25, -0.2) is 0 Å². The smallest absolute Gasteiger partial charge is 0.271 e. The van der Waals surface area contributed by atoms with Crippen LogP contribution in [-0.4, -0.2) is 34.2 Å². The zero-order valence-corrected chi connectivity index (χ0v) is 9.82. The third-order valence-electron chi connectivity index (χ3n) is 1.54. The van der Waals surface area contributed by atoms with Crippen molar-refractivity contribution >= 4 is 27.5 Å². The molecule has 0 saturated heterocycles. The molecular formula is C8H13N3OS2. The summed E-state index contributed by atoms with van der Waals surface area (Å²) >= 11 is 0. The number of rotatable bonds is 5. The van der Waals surface area contributed by atoms with E-state index in [4.69, 9.17) is 0 Å². The number of hydrogen-bond acceptors (Lipinski definition) is 4. The van der Waals surface area contributed by atoms with Crippen molar-refractivity contribution in [1.29, 1.82) is 0 Å². The zero-order valence-electron chi connectivity index (χ0n) is 8.19. The van der Waals surface area contributed by atoms with Crippen LogP contribution in [0.4, 0.5) is 0 Å². The molecule has 0 fully saturated rings. The Labute approximate surface area is 91.2 Å². The fraction of sp³-hybridized carbons (Fsp3) is 0.500. The van der Waals surface area contributed by atoms with Crippen molar-refractivity contribution in [2.75, 3.05) is 18.6 Å². The van der Waals surface area contributed by atoms with Crippen molar-refractivity contribution in [2.45, 2.75) is 0 Å². The van der Waals surface area contributed by atoms with E-state index in [1.807, 2.05) is 6.26 Å². The van der Waals surface area contributed by atoms with Gasteiger partial charge in [0.05, 0.1) is 0 Å². The van der Waals surface area contributed by atoms with Crippen LogP contribution in [-0.2, 0) is 7.05 Å². The normalized spacial score (nSPS) is 10.1. The van der Waals surface area contributed by atoms with E-state index < -0.39 is 0 Å². The van der Waals surface area contributed by atoms with E-state index in [2.05, 4.69) is 10.4 Å². The number of carbonyl (C=O) groups excluding carboxylic acids is 1. The molecule has 6 heteroatoms. The molecule has 78 valence electrons. The molecule has 0 aliphatic heterocycles. The van der Waals surface area contributed by atoms with Gasteiger partial charge in [-0.2, -0.15) is 5.10 Å². The molecule has 1 amide bonds. The van der Waals surface area contributed by atoms with Crippen molar-refractivity contribution in [3.05, 3.63) is 18.0 Å². The maximum atomic E-state index is 11.4. The highest BCUT2D eigenvalue weighted by Gasteiger charge is 2.06. The molecule has 0 saturated carbocycles. The van der Waals surface area contributed by atoms with Crippen LogP contribution in [0.5, 0.6) is 0 Å². The summed E-state index contributed by atoms with van der Waals surface area (Å²) in [7, 11) is 5.22. The number of aryl methyl sites for hydroxylation is 1. The van der Waals surface area contributed by atoms with Crippen LogP contribution in [0.1, 0.15) is 10.5 Å². The van der Waals surface area contributed by atoms with Gasteiger partial charge < -0.3 is 5.32 Å². The highest BCUT2D eigenvalue weighted by Crippen LogP contribution is 2.14. The van der Waals surface area contributed by atoms with Crippen molar-refractivity contribution in [2.24, 2.45) is 7.05 Å². The molecule has 0 unspecified atom stereocenters. The van der Waals surface area contributed by atoms with Gasteiger partial charge in [0, 0.05) is 25.5 Å². The van der Waals surface area contributed by atoms with Gasteiger partial charge in [0.15, 0.2) is 0 Å². The van der Waals surface area contributed by atoms with Crippen molar-refractivity contribution in [1.82, 2.24) is 15.1 Å². The van der Waals surface area contributed by atoms with E-state index in [0.29, 0.717) is 12.2 Å². The average Bonchev–Trinajstić information content (AvgIpc) is 2.59. The fourth-order valence-corrected chi connectivity index (χ4v) is 2.02. The molecule has 0 aromatic carbocycles. The van der Waals surface area contributed by atoms with Crippen LogP contribution in [0.3, 0.4) is 0 Å². The number of aromatic nitrogens is 2. The molecule has 0 atom stereocenters. The van der Waals surface area contributed by atoms with E-state index in [1.54, 1.807) is 45.6 Å². The van der Waals surface area contributed by atoms with Crippen molar-refractivity contribution < 1.29 is 4.79 Å². The molecule has 4 nitrogen and oxygen atoms in total. The number of hydrogen-bond donors (Lipinski definition) is 1. The van der Waals surface area contributed by atoms with Crippen LogP contribution in [0.2, 0.25) is 0 Å². The molecule has 1 heterocycles. The first-order chi connectivity index (χ1) is 6.74. The summed E-state index contributed by atoms with van der Waals surface area (Å²) in [6.07, 6.45) is 3.77. The van der Waals surface area contributed by atoms with E-state index in [1.165, 1.54) is 0 Å². The van der Waals surface area contributed by atoms with Gasteiger partial charge in [-0.15, -0.1) is 0 Å². The lowest BCUT2D eigenvalue weighted by molar-refractivity contribution is 0.0950. The highest BCUT2D eigenvalue weighted by molar-refractivity contribution is 8.76. The minimum atomic E-state index is -0.104. The number of nitrogens with one attached hydrogen (secondary N) is 1. The topological polar surface area (TPSA) is 46.9 Å². The summed E-state index contributed by atoms with van der Waals surface area (Å²) in [5.74, 6) is 0.812. The molecule has 0 aliphatic rings. The lowest BCUT2D eigenvalue weighted by atomic mass is 10.4. The van der Waals surface area contributed by atoms with Crippen LogP contribution < -0.4 is 5.32 Å². The summed E-state index contributed by atoms with van der Waals surface area (Å²) < 4.78 is 1.62. The van der Waals surface area contributed by atoms with Crippen LogP contribution in [0.25, 0.3) is 0 Å². The number of carbonyl (C=O) groups is 1. The molecule has 1 aromatic heterocycles. The Balaban J connectivity index is 2.29. The van der Waals surface area contributed by atoms with Gasteiger partial charge in [-0.3, -0.25) is 9.48 Å². The Hall–Kier alpha value is -0.620. The van der Waals surface area contributed by atoms with Crippen molar-refractivity contribution in [3.8, 4) is 0 Å². The highest BCUT2D eigenvalue weighted by atomic mass is 33.1. The Kier molecular flexibility index (Phi) is 4.89. The quantitative estimate of drug-likeness (QED) is 0.610. The minimum Gasteiger partial charge on any atom is -0.350 e. The molecule has 0 bridgehead atoms. The second-order valence-corrected chi connectivity index (χ2v) is 5.30. The summed E-state index contributed by atoms with van der Waals surface area (Å²) in [5, 5.41) is 6.80. The SMILES string of the molecule is CSSCCNC(=O)c1ccn(C)n1. The molecule has 14 heavy (non-hydrogen) atoms. The molecule has 1 rings (SSSR count). The van der Waals surface area contributed by atoms with E-state index in [-0.39, 0.29) is 5.91 Å². The predicted octanol–water partition coefficient (Wildman–Crippen LogP) is 1.16. The Morgan fingerprint density at radius 1 is 1.71 bits per heavy atom. The monoisotopic (exact) mass is 231 g/mol. The number of nitrogens with zero attached hydrogens (tertiary/aromatic N) is 2. The maximum Gasteiger partial charge on any atom is 0.271 e. The first kappa shape index (κ1) is 11.5. The van der Waals surface area contributed by atoms with Crippen molar-refractivity contribution in [3.63, 3.8) is 0 Å². The second-order valence-electron chi connectivity index (χ2n) is 2.62. The Bertz CT molecular complexity index is 301.